The number of aryl methyl sites for hydroxylation is 1. The van der Waals surface area contributed by atoms with Crippen LogP contribution in [0.1, 0.15) is 10.5 Å². The number of rotatable bonds is 3. The molecule has 1 heterocycles. The molecule has 122 valence electrons. The third kappa shape index (κ3) is 3.15. The molecule has 1 N–H and O–H groups in total. The summed E-state index contributed by atoms with van der Waals surface area (Å²) in [7, 11) is 1.62. The smallest absolute Gasteiger partial charge is 0.276 e. The molecule has 0 fully saturated rings. The van der Waals surface area contributed by atoms with Crippen molar-refractivity contribution in [2.24, 2.45) is 7.05 Å². The van der Waals surface area contributed by atoms with Crippen molar-refractivity contribution >= 4 is 11.6 Å². The second-order valence-electron chi connectivity index (χ2n) is 5.13. The highest BCUT2D eigenvalue weighted by Crippen LogP contribution is 2.21. The molecule has 0 unspecified atom stereocenters. The highest BCUT2D eigenvalue weighted by atomic mass is 19.2. The molecule has 0 atom stereocenters. The largest absolute Gasteiger partial charge is 0.320 e. The van der Waals surface area contributed by atoms with Gasteiger partial charge in [-0.3, -0.25) is 9.48 Å². The highest BCUT2D eigenvalue weighted by Gasteiger charge is 2.15. The summed E-state index contributed by atoms with van der Waals surface area (Å²) in [5.41, 5.74) is 1.29. The maximum absolute atomic E-state index is 13.3. The number of aromatic nitrogens is 2. The second-order valence-corrected chi connectivity index (χ2v) is 5.13. The van der Waals surface area contributed by atoms with Crippen LogP contribution in [0.4, 0.5) is 18.9 Å². The fraction of sp³-hybridized carbons (Fsp3) is 0.0588. The van der Waals surface area contributed by atoms with Crippen LogP contribution in [0.5, 0.6) is 0 Å². The molecule has 0 spiro atoms. The van der Waals surface area contributed by atoms with Gasteiger partial charge < -0.3 is 5.32 Å². The van der Waals surface area contributed by atoms with Crippen LogP contribution in [0, 0.1) is 17.5 Å². The standard InChI is InChI=1S/C17H12F3N3O/c1-23-16(10-3-2-4-11(18)7-10)9-15(22-23)17(24)21-12-5-6-13(19)14(20)8-12/h2-9H,1H3,(H,21,24). The monoisotopic (exact) mass is 331 g/mol. The Labute approximate surface area is 135 Å². The lowest BCUT2D eigenvalue weighted by Gasteiger charge is -2.03. The normalized spacial score (nSPS) is 10.7. The summed E-state index contributed by atoms with van der Waals surface area (Å²) in [6.07, 6.45) is 0. The molecule has 24 heavy (non-hydrogen) atoms. The molecular weight excluding hydrogens is 319 g/mol. The minimum atomic E-state index is -1.06. The molecule has 3 rings (SSSR count). The molecule has 7 heteroatoms. The van der Waals surface area contributed by atoms with Gasteiger partial charge in [0.05, 0.1) is 5.69 Å². The lowest BCUT2D eigenvalue weighted by atomic mass is 10.1. The van der Waals surface area contributed by atoms with E-state index >= 15 is 0 Å². The van der Waals surface area contributed by atoms with Gasteiger partial charge in [-0.15, -0.1) is 0 Å². The molecule has 0 saturated carbocycles. The molecule has 0 bridgehead atoms. The van der Waals surface area contributed by atoms with Crippen LogP contribution in [0.25, 0.3) is 11.3 Å². The molecule has 0 aliphatic heterocycles. The van der Waals surface area contributed by atoms with Crippen LogP contribution in [0.3, 0.4) is 0 Å². The van der Waals surface area contributed by atoms with E-state index in [9.17, 15) is 18.0 Å². The fourth-order valence-corrected chi connectivity index (χ4v) is 2.27. The summed E-state index contributed by atoms with van der Waals surface area (Å²) >= 11 is 0. The van der Waals surface area contributed by atoms with Gasteiger partial charge in [-0.05, 0) is 30.3 Å². The highest BCUT2D eigenvalue weighted by molar-refractivity contribution is 6.03. The van der Waals surface area contributed by atoms with Gasteiger partial charge in [-0.1, -0.05) is 12.1 Å². The third-order valence-corrected chi connectivity index (χ3v) is 3.41. The van der Waals surface area contributed by atoms with Crippen LogP contribution in [0.15, 0.2) is 48.5 Å². The Bertz CT molecular complexity index is 921. The van der Waals surface area contributed by atoms with Crippen molar-refractivity contribution < 1.29 is 18.0 Å². The van der Waals surface area contributed by atoms with Crippen molar-refractivity contribution in [1.82, 2.24) is 9.78 Å². The van der Waals surface area contributed by atoms with Crippen LogP contribution < -0.4 is 5.32 Å². The lowest BCUT2D eigenvalue weighted by molar-refractivity contribution is 0.102. The molecule has 0 radical (unpaired) electrons. The van der Waals surface area contributed by atoms with E-state index in [4.69, 9.17) is 0 Å². The minimum Gasteiger partial charge on any atom is -0.320 e. The van der Waals surface area contributed by atoms with E-state index in [0.717, 1.165) is 12.1 Å². The number of hydrogen-bond acceptors (Lipinski definition) is 2. The van der Waals surface area contributed by atoms with Gasteiger partial charge in [0, 0.05) is 24.4 Å². The Balaban J connectivity index is 1.86. The van der Waals surface area contributed by atoms with Crippen LogP contribution in [-0.4, -0.2) is 15.7 Å². The van der Waals surface area contributed by atoms with Crippen LogP contribution in [-0.2, 0) is 7.05 Å². The molecule has 4 nitrogen and oxygen atoms in total. The quantitative estimate of drug-likeness (QED) is 0.794. The van der Waals surface area contributed by atoms with E-state index in [1.54, 1.807) is 19.2 Å². The van der Waals surface area contributed by atoms with Gasteiger partial charge in [-0.2, -0.15) is 5.10 Å². The Morgan fingerprint density at radius 2 is 1.83 bits per heavy atom. The minimum absolute atomic E-state index is 0.0708. The maximum atomic E-state index is 13.3. The molecule has 3 aromatic rings. The number of anilines is 1. The van der Waals surface area contributed by atoms with E-state index in [2.05, 4.69) is 10.4 Å². The number of nitrogens with zero attached hydrogens (tertiary/aromatic N) is 2. The number of nitrogens with one attached hydrogen (secondary N) is 1. The Kier molecular flexibility index (Phi) is 4.07. The molecular formula is C17H12F3N3O. The Morgan fingerprint density at radius 3 is 2.54 bits per heavy atom. The van der Waals surface area contributed by atoms with Gasteiger partial charge in [0.15, 0.2) is 17.3 Å². The average molecular weight is 331 g/mol. The maximum Gasteiger partial charge on any atom is 0.276 e. The van der Waals surface area contributed by atoms with Crippen LogP contribution >= 0.6 is 0 Å². The Hall–Kier alpha value is -3.09. The van der Waals surface area contributed by atoms with Crippen molar-refractivity contribution in [2.45, 2.75) is 0 Å². The van der Waals surface area contributed by atoms with E-state index in [-0.39, 0.29) is 11.4 Å². The predicted octanol–water partition coefficient (Wildman–Crippen LogP) is 3.76. The summed E-state index contributed by atoms with van der Waals surface area (Å²) < 4.78 is 40.9. The van der Waals surface area contributed by atoms with Gasteiger partial charge in [-0.25, -0.2) is 13.2 Å². The van der Waals surface area contributed by atoms with Crippen molar-refractivity contribution in [3.63, 3.8) is 0 Å². The summed E-state index contributed by atoms with van der Waals surface area (Å²) in [5, 5.41) is 6.50. The van der Waals surface area contributed by atoms with Crippen molar-refractivity contribution in [1.29, 1.82) is 0 Å². The first-order chi connectivity index (χ1) is 11.4. The predicted molar refractivity (Wildman–Crippen MR) is 82.9 cm³/mol. The lowest BCUT2D eigenvalue weighted by Crippen LogP contribution is -2.13. The second kappa shape index (κ2) is 6.19. The molecule has 2 aromatic carbocycles. The zero-order valence-electron chi connectivity index (χ0n) is 12.6. The summed E-state index contributed by atoms with van der Waals surface area (Å²) in [6, 6.07) is 10.4. The number of halogens is 3. The average Bonchev–Trinajstić information content (AvgIpc) is 2.93. The summed E-state index contributed by atoms with van der Waals surface area (Å²) in [4.78, 5) is 12.2. The first kappa shape index (κ1) is 15.8. The number of carbonyl (C=O) groups excluding carboxylic acids is 1. The van der Waals surface area contributed by atoms with Gasteiger partial charge in [0.2, 0.25) is 0 Å². The van der Waals surface area contributed by atoms with Gasteiger partial charge >= 0.3 is 0 Å². The number of benzene rings is 2. The molecule has 0 aliphatic rings. The molecule has 0 saturated heterocycles. The fourth-order valence-electron chi connectivity index (χ4n) is 2.27. The first-order valence-electron chi connectivity index (χ1n) is 7.00. The number of amides is 1. The SMILES string of the molecule is Cn1nc(C(=O)Nc2ccc(F)c(F)c2)cc1-c1cccc(F)c1. The summed E-state index contributed by atoms with van der Waals surface area (Å²) in [5.74, 6) is -3.05. The summed E-state index contributed by atoms with van der Waals surface area (Å²) in [6.45, 7) is 0. The van der Waals surface area contributed by atoms with Crippen molar-refractivity contribution in [3.8, 4) is 11.3 Å². The van der Waals surface area contributed by atoms with Gasteiger partial charge in [0.1, 0.15) is 5.82 Å². The third-order valence-electron chi connectivity index (χ3n) is 3.41. The molecule has 1 amide bonds. The molecule has 0 aliphatic carbocycles. The topological polar surface area (TPSA) is 46.9 Å². The Morgan fingerprint density at radius 1 is 1.04 bits per heavy atom. The molecule has 1 aromatic heterocycles. The number of carbonyl (C=O) groups is 1. The van der Waals surface area contributed by atoms with E-state index in [1.807, 2.05) is 0 Å². The zero-order valence-corrected chi connectivity index (χ0v) is 12.6. The number of hydrogen-bond donors (Lipinski definition) is 1. The van der Waals surface area contributed by atoms with E-state index in [0.29, 0.717) is 11.3 Å². The van der Waals surface area contributed by atoms with Crippen molar-refractivity contribution in [3.05, 3.63) is 71.7 Å². The van der Waals surface area contributed by atoms with Crippen LogP contribution in [0.2, 0.25) is 0 Å². The van der Waals surface area contributed by atoms with E-state index < -0.39 is 23.4 Å². The zero-order chi connectivity index (χ0) is 17.3. The van der Waals surface area contributed by atoms with Crippen molar-refractivity contribution in [2.75, 3.05) is 5.32 Å². The first-order valence-corrected chi connectivity index (χ1v) is 7.00. The van der Waals surface area contributed by atoms with Gasteiger partial charge in [0.25, 0.3) is 5.91 Å². The van der Waals surface area contributed by atoms with E-state index in [1.165, 1.54) is 28.9 Å².